The SMILES string of the molecule is Clc1ccccc1-c1c(-c2ccccc2)nc(-c2ccccc2)nc1-n1c2ccccc2c2ccccc21. The van der Waals surface area contributed by atoms with Crippen LogP contribution in [0.1, 0.15) is 0 Å². The molecule has 3 nitrogen and oxygen atoms in total. The maximum atomic E-state index is 6.88. The smallest absolute Gasteiger partial charge is 0.162 e. The third kappa shape index (κ3) is 3.68. The average molecular weight is 508 g/mol. The lowest BCUT2D eigenvalue weighted by molar-refractivity contribution is 1.05. The van der Waals surface area contributed by atoms with E-state index in [1.54, 1.807) is 0 Å². The number of para-hydroxylation sites is 2. The van der Waals surface area contributed by atoms with Crippen molar-refractivity contribution in [2.45, 2.75) is 0 Å². The van der Waals surface area contributed by atoms with E-state index >= 15 is 0 Å². The summed E-state index contributed by atoms with van der Waals surface area (Å²) in [5.41, 5.74) is 6.75. The first-order chi connectivity index (χ1) is 18.8. The van der Waals surface area contributed by atoms with Crippen molar-refractivity contribution in [1.29, 1.82) is 0 Å². The van der Waals surface area contributed by atoms with Gasteiger partial charge in [-0.05, 0) is 18.2 Å². The number of rotatable bonds is 4. The van der Waals surface area contributed by atoms with Crippen LogP contribution in [0.15, 0.2) is 133 Å². The molecule has 0 aliphatic rings. The zero-order valence-corrected chi connectivity index (χ0v) is 21.2. The summed E-state index contributed by atoms with van der Waals surface area (Å²) < 4.78 is 2.25. The Hall–Kier alpha value is -4.73. The maximum absolute atomic E-state index is 6.88. The van der Waals surface area contributed by atoms with Crippen LogP contribution in [0.25, 0.3) is 61.4 Å². The van der Waals surface area contributed by atoms with E-state index in [1.807, 2.05) is 60.7 Å². The van der Waals surface area contributed by atoms with Gasteiger partial charge in [-0.3, -0.25) is 4.57 Å². The van der Waals surface area contributed by atoms with Crippen molar-refractivity contribution in [3.63, 3.8) is 0 Å². The highest BCUT2D eigenvalue weighted by atomic mass is 35.5. The molecule has 2 aromatic heterocycles. The Labute approximate surface area is 225 Å². The molecule has 0 atom stereocenters. The summed E-state index contributed by atoms with van der Waals surface area (Å²) in [5.74, 6) is 1.46. The Morgan fingerprint density at radius 3 is 1.66 bits per heavy atom. The zero-order chi connectivity index (χ0) is 25.5. The molecule has 0 amide bonds. The van der Waals surface area contributed by atoms with Gasteiger partial charge >= 0.3 is 0 Å². The molecule has 5 aromatic carbocycles. The Balaban J connectivity index is 1.70. The molecule has 0 saturated carbocycles. The number of nitrogens with zero attached hydrogens (tertiary/aromatic N) is 3. The summed E-state index contributed by atoms with van der Waals surface area (Å²) in [4.78, 5) is 10.5. The fourth-order valence-electron chi connectivity index (χ4n) is 5.19. The summed E-state index contributed by atoms with van der Waals surface area (Å²) in [7, 11) is 0. The van der Waals surface area contributed by atoms with Crippen molar-refractivity contribution < 1.29 is 0 Å². The molecule has 0 radical (unpaired) electrons. The van der Waals surface area contributed by atoms with Gasteiger partial charge in [0.15, 0.2) is 5.82 Å². The van der Waals surface area contributed by atoms with Crippen molar-refractivity contribution >= 4 is 33.4 Å². The van der Waals surface area contributed by atoms with Gasteiger partial charge in [0.2, 0.25) is 0 Å². The molecule has 7 rings (SSSR count). The molecule has 7 aromatic rings. The molecule has 180 valence electrons. The lowest BCUT2D eigenvalue weighted by atomic mass is 9.98. The standard InChI is InChI=1S/C34H22ClN3/c35-28-20-10-7-19-27(28)31-32(23-13-3-1-4-14-23)36-33(24-15-5-2-6-16-24)37-34(31)38-29-21-11-8-17-25(29)26-18-9-12-22-30(26)38/h1-22H. The second-order valence-electron chi connectivity index (χ2n) is 9.18. The Kier molecular flexibility index (Phi) is 5.49. The highest BCUT2D eigenvalue weighted by Crippen LogP contribution is 2.42. The minimum Gasteiger partial charge on any atom is -0.293 e. The second-order valence-corrected chi connectivity index (χ2v) is 9.58. The van der Waals surface area contributed by atoms with Crippen LogP contribution < -0.4 is 0 Å². The van der Waals surface area contributed by atoms with Crippen LogP contribution in [0.2, 0.25) is 5.02 Å². The van der Waals surface area contributed by atoms with E-state index in [9.17, 15) is 0 Å². The van der Waals surface area contributed by atoms with Gasteiger partial charge in [0.1, 0.15) is 5.82 Å². The first-order valence-electron chi connectivity index (χ1n) is 12.6. The number of aromatic nitrogens is 3. The number of halogens is 1. The van der Waals surface area contributed by atoms with E-state index in [2.05, 4.69) is 77.4 Å². The van der Waals surface area contributed by atoms with Crippen molar-refractivity contribution in [2.24, 2.45) is 0 Å². The van der Waals surface area contributed by atoms with Crippen molar-refractivity contribution in [1.82, 2.24) is 14.5 Å². The third-order valence-electron chi connectivity index (χ3n) is 6.90. The summed E-state index contributed by atoms with van der Waals surface area (Å²) in [5, 5.41) is 3.01. The molecule has 0 N–H and O–H groups in total. The highest BCUT2D eigenvalue weighted by molar-refractivity contribution is 6.33. The largest absolute Gasteiger partial charge is 0.293 e. The third-order valence-corrected chi connectivity index (χ3v) is 7.23. The quantitative estimate of drug-likeness (QED) is 0.237. The normalized spacial score (nSPS) is 11.3. The van der Waals surface area contributed by atoms with Crippen molar-refractivity contribution in [2.75, 3.05) is 0 Å². The lowest BCUT2D eigenvalue weighted by Gasteiger charge is -2.19. The fourth-order valence-corrected chi connectivity index (χ4v) is 5.42. The summed E-state index contributed by atoms with van der Waals surface area (Å²) in [6.07, 6.45) is 0. The van der Waals surface area contributed by atoms with Gasteiger partial charge in [-0.1, -0.05) is 127 Å². The molecular weight excluding hydrogens is 486 g/mol. The molecule has 0 aliphatic heterocycles. The van der Waals surface area contributed by atoms with Gasteiger partial charge in [-0.25, -0.2) is 9.97 Å². The van der Waals surface area contributed by atoms with Gasteiger partial charge in [-0.15, -0.1) is 0 Å². The first-order valence-corrected chi connectivity index (χ1v) is 12.9. The number of benzene rings is 5. The number of fused-ring (bicyclic) bond motifs is 3. The summed E-state index contributed by atoms with van der Waals surface area (Å²) >= 11 is 6.88. The van der Waals surface area contributed by atoms with Crippen LogP contribution in [-0.4, -0.2) is 14.5 Å². The van der Waals surface area contributed by atoms with Crippen LogP contribution >= 0.6 is 11.6 Å². The zero-order valence-electron chi connectivity index (χ0n) is 20.4. The number of hydrogen-bond donors (Lipinski definition) is 0. The highest BCUT2D eigenvalue weighted by Gasteiger charge is 2.24. The fraction of sp³-hybridized carbons (Fsp3) is 0. The monoisotopic (exact) mass is 507 g/mol. The number of hydrogen-bond acceptors (Lipinski definition) is 2. The molecule has 4 heteroatoms. The molecule has 0 unspecified atom stereocenters. The summed E-state index contributed by atoms with van der Waals surface area (Å²) in [6, 6.07) is 45.3. The predicted octanol–water partition coefficient (Wildman–Crippen LogP) is 9.23. The van der Waals surface area contributed by atoms with E-state index in [4.69, 9.17) is 21.6 Å². The summed E-state index contributed by atoms with van der Waals surface area (Å²) in [6.45, 7) is 0. The average Bonchev–Trinajstić information content (AvgIpc) is 3.32. The van der Waals surface area contributed by atoms with Gasteiger partial charge in [0.05, 0.1) is 22.3 Å². The van der Waals surface area contributed by atoms with Crippen molar-refractivity contribution in [3.8, 4) is 39.6 Å². The Morgan fingerprint density at radius 2 is 1.03 bits per heavy atom. The molecular formula is C34H22ClN3. The van der Waals surface area contributed by atoms with Gasteiger partial charge in [0, 0.05) is 32.5 Å². The predicted molar refractivity (Wildman–Crippen MR) is 158 cm³/mol. The molecule has 0 bridgehead atoms. The molecule has 0 aliphatic carbocycles. The van der Waals surface area contributed by atoms with E-state index in [1.165, 1.54) is 10.8 Å². The molecule has 0 spiro atoms. The van der Waals surface area contributed by atoms with Crippen LogP contribution in [0.4, 0.5) is 0 Å². The lowest BCUT2D eigenvalue weighted by Crippen LogP contribution is -2.06. The van der Waals surface area contributed by atoms with E-state index in [0.717, 1.165) is 44.8 Å². The minimum atomic E-state index is 0.655. The van der Waals surface area contributed by atoms with Gasteiger partial charge in [0.25, 0.3) is 0 Å². The second kappa shape index (κ2) is 9.29. The Bertz CT molecular complexity index is 1870. The molecule has 0 saturated heterocycles. The molecule has 0 fully saturated rings. The van der Waals surface area contributed by atoms with Crippen LogP contribution in [0.3, 0.4) is 0 Å². The topological polar surface area (TPSA) is 30.7 Å². The molecule has 38 heavy (non-hydrogen) atoms. The first kappa shape index (κ1) is 22.5. The van der Waals surface area contributed by atoms with E-state index < -0.39 is 0 Å². The molecule has 2 heterocycles. The van der Waals surface area contributed by atoms with Crippen molar-refractivity contribution in [3.05, 3.63) is 138 Å². The van der Waals surface area contributed by atoms with Crippen LogP contribution in [0.5, 0.6) is 0 Å². The van der Waals surface area contributed by atoms with Gasteiger partial charge in [-0.2, -0.15) is 0 Å². The maximum Gasteiger partial charge on any atom is 0.162 e. The van der Waals surface area contributed by atoms with E-state index in [-0.39, 0.29) is 0 Å². The van der Waals surface area contributed by atoms with Crippen LogP contribution in [0, 0.1) is 0 Å². The van der Waals surface area contributed by atoms with Gasteiger partial charge < -0.3 is 0 Å². The van der Waals surface area contributed by atoms with E-state index in [0.29, 0.717) is 10.8 Å². The minimum absolute atomic E-state index is 0.655. The Morgan fingerprint density at radius 1 is 0.500 bits per heavy atom. The van der Waals surface area contributed by atoms with Crippen LogP contribution in [-0.2, 0) is 0 Å².